The van der Waals surface area contributed by atoms with E-state index in [4.69, 9.17) is 19.2 Å². The van der Waals surface area contributed by atoms with Gasteiger partial charge in [0.1, 0.15) is 18.0 Å². The number of ketones is 1. The quantitative estimate of drug-likeness (QED) is 0.514. The van der Waals surface area contributed by atoms with E-state index in [2.05, 4.69) is 35.2 Å². The molecule has 3 aromatic rings. The Morgan fingerprint density at radius 3 is 2.84 bits per heavy atom. The largest absolute Gasteiger partial charge is 0.473 e. The first-order valence-corrected chi connectivity index (χ1v) is 13.2. The summed E-state index contributed by atoms with van der Waals surface area (Å²) in [6.07, 6.45) is 9.63. The molecule has 3 aliphatic rings. The topological polar surface area (TPSA) is 123 Å². The van der Waals surface area contributed by atoms with Gasteiger partial charge in [0.25, 0.3) is 0 Å². The second-order valence-corrected chi connectivity index (χ2v) is 10.6. The molecule has 2 aliphatic carbocycles. The van der Waals surface area contributed by atoms with Gasteiger partial charge in [0.15, 0.2) is 28.8 Å². The van der Waals surface area contributed by atoms with Gasteiger partial charge in [-0.1, -0.05) is 11.6 Å². The van der Waals surface area contributed by atoms with Crippen LogP contribution in [0.2, 0.25) is 0 Å². The van der Waals surface area contributed by atoms with E-state index >= 15 is 0 Å². The number of aromatic nitrogens is 5. The lowest BCUT2D eigenvalue weighted by Crippen LogP contribution is -2.41. The highest BCUT2D eigenvalue weighted by Gasteiger charge is 2.48. The van der Waals surface area contributed by atoms with E-state index in [0.717, 1.165) is 63.5 Å². The fraction of sp³-hybridized carbons (Fsp3) is 0.556. The molecular formula is C27H31N7O3. The average molecular weight is 502 g/mol. The number of Topliss-reactive ketones (excluding diaryl/α,β-unsaturated/α-hetero) is 1. The molecule has 10 heteroatoms. The smallest absolute Gasteiger partial charge is 0.219 e. The molecule has 1 aliphatic heterocycles. The van der Waals surface area contributed by atoms with Crippen molar-refractivity contribution in [2.24, 2.45) is 0 Å². The van der Waals surface area contributed by atoms with Gasteiger partial charge in [-0.05, 0) is 71.5 Å². The highest BCUT2D eigenvalue weighted by Crippen LogP contribution is 2.47. The van der Waals surface area contributed by atoms with E-state index in [0.29, 0.717) is 47.1 Å². The molecule has 2 fully saturated rings. The number of likely N-dealkylation sites (N-methyl/N-ethyl adjacent to an activating group) is 1. The van der Waals surface area contributed by atoms with Crippen molar-refractivity contribution < 1.29 is 14.1 Å². The molecule has 0 radical (unpaired) electrons. The molecule has 4 heterocycles. The molecule has 0 N–H and O–H groups in total. The normalized spacial score (nSPS) is 24.7. The van der Waals surface area contributed by atoms with Crippen LogP contribution in [0.3, 0.4) is 0 Å². The van der Waals surface area contributed by atoms with E-state index in [1.54, 1.807) is 23.0 Å². The number of hydrogen-bond acceptors (Lipinski definition) is 9. The molecule has 1 saturated carbocycles. The van der Waals surface area contributed by atoms with Crippen molar-refractivity contribution in [1.82, 2.24) is 29.8 Å². The molecule has 10 nitrogen and oxygen atoms in total. The van der Waals surface area contributed by atoms with E-state index in [1.807, 2.05) is 0 Å². The summed E-state index contributed by atoms with van der Waals surface area (Å²) in [5, 5.41) is 18.0. The summed E-state index contributed by atoms with van der Waals surface area (Å²) in [4.78, 5) is 24.9. The van der Waals surface area contributed by atoms with Gasteiger partial charge in [0.05, 0.1) is 5.41 Å². The molecule has 0 unspecified atom stereocenters. The SMILES string of the molecule is C[C@H](Oc1cc(-n2ccc(C#N)n2)nc(-c2noc3c2CCC[C@@]32CCCCC2=O)n1)[C@@H]1CCCN1C. The molecule has 192 valence electrons. The van der Waals surface area contributed by atoms with Crippen molar-refractivity contribution in [2.45, 2.75) is 82.3 Å². The Bertz CT molecular complexity index is 1370. The van der Waals surface area contributed by atoms with Crippen molar-refractivity contribution >= 4 is 5.78 Å². The summed E-state index contributed by atoms with van der Waals surface area (Å²) < 4.78 is 13.8. The Morgan fingerprint density at radius 2 is 2.08 bits per heavy atom. The predicted molar refractivity (Wildman–Crippen MR) is 133 cm³/mol. The minimum atomic E-state index is -0.570. The van der Waals surface area contributed by atoms with E-state index in [1.165, 1.54) is 0 Å². The third kappa shape index (κ3) is 4.11. The van der Waals surface area contributed by atoms with Crippen LogP contribution in [0.15, 0.2) is 22.9 Å². The third-order valence-corrected chi connectivity index (χ3v) is 8.31. The molecule has 1 spiro atoms. The first-order chi connectivity index (χ1) is 18.0. The number of carbonyl (C=O) groups excluding carboxylic acids is 1. The number of nitrogens with zero attached hydrogens (tertiary/aromatic N) is 7. The maximum atomic E-state index is 13.1. The number of likely N-dealkylation sites (tertiary alicyclic amines) is 1. The van der Waals surface area contributed by atoms with E-state index in [-0.39, 0.29) is 11.9 Å². The van der Waals surface area contributed by atoms with Crippen LogP contribution in [0, 0.1) is 11.3 Å². The van der Waals surface area contributed by atoms with Crippen molar-refractivity contribution in [1.29, 1.82) is 5.26 Å². The molecule has 3 aromatic heterocycles. The molecule has 6 rings (SSSR count). The minimum absolute atomic E-state index is 0.0789. The fourth-order valence-corrected chi connectivity index (χ4v) is 6.37. The molecule has 0 bridgehead atoms. The second-order valence-electron chi connectivity index (χ2n) is 10.6. The first-order valence-electron chi connectivity index (χ1n) is 13.2. The Kier molecular flexibility index (Phi) is 6.03. The van der Waals surface area contributed by atoms with Crippen LogP contribution < -0.4 is 4.74 Å². The summed E-state index contributed by atoms with van der Waals surface area (Å²) in [5.41, 5.74) is 1.20. The van der Waals surface area contributed by atoms with Crippen LogP contribution in [0.25, 0.3) is 17.3 Å². The fourth-order valence-electron chi connectivity index (χ4n) is 6.37. The summed E-state index contributed by atoms with van der Waals surface area (Å²) in [7, 11) is 2.12. The van der Waals surface area contributed by atoms with Crippen LogP contribution in [-0.2, 0) is 16.6 Å². The van der Waals surface area contributed by atoms with Crippen LogP contribution in [0.4, 0.5) is 0 Å². The zero-order valence-electron chi connectivity index (χ0n) is 21.3. The molecule has 0 amide bonds. The van der Waals surface area contributed by atoms with Crippen LogP contribution in [-0.4, -0.2) is 61.3 Å². The van der Waals surface area contributed by atoms with E-state index < -0.39 is 5.41 Å². The summed E-state index contributed by atoms with van der Waals surface area (Å²) >= 11 is 0. The Morgan fingerprint density at radius 1 is 1.22 bits per heavy atom. The maximum Gasteiger partial charge on any atom is 0.219 e. The second kappa shape index (κ2) is 9.38. The van der Waals surface area contributed by atoms with Gasteiger partial charge in [-0.2, -0.15) is 15.3 Å². The summed E-state index contributed by atoms with van der Waals surface area (Å²) in [6, 6.07) is 5.73. The average Bonchev–Trinajstić information content (AvgIpc) is 3.65. The van der Waals surface area contributed by atoms with Crippen molar-refractivity contribution in [3.05, 3.63) is 35.3 Å². The third-order valence-electron chi connectivity index (χ3n) is 8.31. The van der Waals surface area contributed by atoms with Crippen molar-refractivity contribution in [3.63, 3.8) is 0 Å². The lowest BCUT2D eigenvalue weighted by Gasteiger charge is -2.36. The summed E-state index contributed by atoms with van der Waals surface area (Å²) in [6.45, 7) is 3.11. The van der Waals surface area contributed by atoms with Gasteiger partial charge in [-0.25, -0.2) is 9.67 Å². The Labute approximate surface area is 215 Å². The Balaban J connectivity index is 1.42. The van der Waals surface area contributed by atoms with Crippen LogP contribution in [0.1, 0.15) is 75.3 Å². The first kappa shape index (κ1) is 23.8. The number of nitriles is 1. The predicted octanol–water partition coefficient (Wildman–Crippen LogP) is 3.77. The lowest BCUT2D eigenvalue weighted by atomic mass is 9.64. The maximum absolute atomic E-state index is 13.1. The van der Waals surface area contributed by atoms with E-state index in [9.17, 15) is 10.1 Å². The lowest BCUT2D eigenvalue weighted by molar-refractivity contribution is -0.128. The zero-order chi connectivity index (χ0) is 25.6. The van der Waals surface area contributed by atoms with Gasteiger partial charge in [0.2, 0.25) is 5.88 Å². The number of fused-ring (bicyclic) bond motifs is 2. The summed E-state index contributed by atoms with van der Waals surface area (Å²) in [5.74, 6) is 2.22. The molecule has 3 atom stereocenters. The number of ether oxygens (including phenoxy) is 1. The molecule has 0 aromatic carbocycles. The zero-order valence-corrected chi connectivity index (χ0v) is 21.3. The van der Waals surface area contributed by atoms with Gasteiger partial charge in [0, 0.05) is 30.3 Å². The Hall–Kier alpha value is -3.58. The number of carbonyl (C=O) groups is 1. The van der Waals surface area contributed by atoms with Crippen LogP contribution >= 0.6 is 0 Å². The van der Waals surface area contributed by atoms with Crippen molar-refractivity contribution in [2.75, 3.05) is 13.6 Å². The number of rotatable bonds is 5. The molecular weight excluding hydrogens is 470 g/mol. The molecule has 1 saturated heterocycles. The van der Waals surface area contributed by atoms with Gasteiger partial charge in [-0.15, -0.1) is 0 Å². The highest BCUT2D eigenvalue weighted by molar-refractivity contribution is 5.91. The van der Waals surface area contributed by atoms with Gasteiger partial charge < -0.3 is 9.26 Å². The van der Waals surface area contributed by atoms with Crippen molar-refractivity contribution in [3.8, 4) is 29.3 Å². The standard InChI is InChI=1S/C27H31N7O3/c1-17(20-8-6-13-33(20)2)36-23-15-22(34-14-10-18(16-28)31-34)29-26(30-23)24-19-7-5-12-27(25(19)37-32-24)11-4-3-9-21(27)35/h10,14-15,17,20H,3-9,11-13H2,1-2H3/t17-,20-,27+/m0/s1. The molecule has 37 heavy (non-hydrogen) atoms. The van der Waals surface area contributed by atoms with Gasteiger partial charge in [-0.3, -0.25) is 9.69 Å². The highest BCUT2D eigenvalue weighted by atomic mass is 16.5. The minimum Gasteiger partial charge on any atom is -0.473 e. The monoisotopic (exact) mass is 501 g/mol. The van der Waals surface area contributed by atoms with Gasteiger partial charge >= 0.3 is 0 Å². The van der Waals surface area contributed by atoms with Crippen LogP contribution in [0.5, 0.6) is 5.88 Å². The number of hydrogen-bond donors (Lipinski definition) is 0.